The smallest absolute Gasteiger partial charge is 0.258 e. The molecule has 0 saturated heterocycles. The summed E-state index contributed by atoms with van der Waals surface area (Å²) in [6.45, 7) is 3.88. The maximum Gasteiger partial charge on any atom is 0.258 e. The lowest BCUT2D eigenvalue weighted by Gasteiger charge is -2.23. The number of aromatic nitrogens is 1. The number of aryl methyl sites for hydroxylation is 1. The highest BCUT2D eigenvalue weighted by molar-refractivity contribution is 6.12. The quantitative estimate of drug-likeness (QED) is 0.454. The van der Waals surface area contributed by atoms with E-state index in [2.05, 4.69) is 4.98 Å². The van der Waals surface area contributed by atoms with E-state index in [4.69, 9.17) is 5.10 Å². The summed E-state index contributed by atoms with van der Waals surface area (Å²) in [5, 5.41) is 7.29. The molecule has 4 aromatic rings. The van der Waals surface area contributed by atoms with Gasteiger partial charge in [-0.2, -0.15) is 5.10 Å². The van der Waals surface area contributed by atoms with Crippen molar-refractivity contribution in [2.45, 2.75) is 32.7 Å². The molecule has 5 nitrogen and oxygen atoms in total. The Kier molecular flexibility index (Phi) is 5.38. The van der Waals surface area contributed by atoms with Gasteiger partial charge in [-0.3, -0.25) is 9.59 Å². The summed E-state index contributed by atoms with van der Waals surface area (Å²) < 4.78 is 0. The van der Waals surface area contributed by atoms with Crippen molar-refractivity contribution in [2.24, 2.45) is 5.10 Å². The number of aromatic amines is 1. The van der Waals surface area contributed by atoms with Gasteiger partial charge in [0.25, 0.3) is 5.56 Å². The number of hydrazone groups is 1. The van der Waals surface area contributed by atoms with Gasteiger partial charge in [0.1, 0.15) is 0 Å². The monoisotopic (exact) mass is 435 g/mol. The fraction of sp³-hybridized carbons (Fsp3) is 0.179. The van der Waals surface area contributed by atoms with Crippen LogP contribution in [-0.2, 0) is 4.79 Å². The second-order valence-corrected chi connectivity index (χ2v) is 8.33. The van der Waals surface area contributed by atoms with Crippen molar-refractivity contribution < 1.29 is 4.79 Å². The Hall–Kier alpha value is -3.99. The minimum absolute atomic E-state index is 0.0586. The molecule has 1 atom stereocenters. The number of amides is 1. The molecule has 1 unspecified atom stereocenters. The number of para-hydroxylation sites is 1. The van der Waals surface area contributed by atoms with Gasteiger partial charge in [-0.1, -0.05) is 79.7 Å². The first-order chi connectivity index (χ1) is 16.1. The molecule has 0 aliphatic carbocycles. The van der Waals surface area contributed by atoms with Crippen LogP contribution in [0.4, 0.5) is 0 Å². The molecule has 1 aliphatic rings. The van der Waals surface area contributed by atoms with Crippen molar-refractivity contribution in [3.63, 3.8) is 0 Å². The van der Waals surface area contributed by atoms with Gasteiger partial charge in [-0.15, -0.1) is 0 Å². The van der Waals surface area contributed by atoms with Crippen molar-refractivity contribution in [3.8, 4) is 11.1 Å². The topological polar surface area (TPSA) is 65.5 Å². The van der Waals surface area contributed by atoms with Crippen molar-refractivity contribution in [1.29, 1.82) is 0 Å². The minimum Gasteiger partial charge on any atom is -0.321 e. The number of carbonyl (C=O) groups excluding carboxylic acids is 1. The molecule has 1 aromatic heterocycles. The van der Waals surface area contributed by atoms with Gasteiger partial charge in [0, 0.05) is 29.3 Å². The van der Waals surface area contributed by atoms with E-state index >= 15 is 0 Å². The average Bonchev–Trinajstić information content (AvgIpc) is 3.28. The second-order valence-electron chi connectivity index (χ2n) is 8.33. The number of nitrogens with zero attached hydrogens (tertiary/aromatic N) is 2. The summed E-state index contributed by atoms with van der Waals surface area (Å²) in [6.07, 6.45) is 0.830. The molecular weight excluding hydrogens is 410 g/mol. The third kappa shape index (κ3) is 3.65. The van der Waals surface area contributed by atoms with Crippen LogP contribution < -0.4 is 5.56 Å². The summed E-state index contributed by atoms with van der Waals surface area (Å²) in [7, 11) is 0. The Morgan fingerprint density at radius 1 is 0.970 bits per heavy atom. The van der Waals surface area contributed by atoms with Gasteiger partial charge < -0.3 is 4.98 Å². The van der Waals surface area contributed by atoms with E-state index in [9.17, 15) is 9.59 Å². The first kappa shape index (κ1) is 20.9. The lowest BCUT2D eigenvalue weighted by Crippen LogP contribution is -2.26. The third-order valence-corrected chi connectivity index (χ3v) is 6.29. The predicted octanol–water partition coefficient (Wildman–Crippen LogP) is 5.59. The van der Waals surface area contributed by atoms with E-state index < -0.39 is 0 Å². The molecule has 0 radical (unpaired) electrons. The summed E-state index contributed by atoms with van der Waals surface area (Å²) in [5.74, 6) is -0.0586. The van der Waals surface area contributed by atoms with Crippen LogP contribution in [-0.4, -0.2) is 21.6 Å². The molecule has 5 heteroatoms. The molecule has 33 heavy (non-hydrogen) atoms. The first-order valence-electron chi connectivity index (χ1n) is 11.2. The van der Waals surface area contributed by atoms with Gasteiger partial charge in [0.05, 0.1) is 17.3 Å². The zero-order valence-corrected chi connectivity index (χ0v) is 18.7. The van der Waals surface area contributed by atoms with Crippen molar-refractivity contribution in [2.75, 3.05) is 0 Å². The van der Waals surface area contributed by atoms with Gasteiger partial charge in [0.15, 0.2) is 0 Å². The standard InChI is InChI=1S/C28H25N3O2/c1-3-25(32)31-24(20-14-8-7-11-18(20)2)17-23(30-31)27-26(19-12-5-4-6-13-19)21-15-9-10-16-22(21)29-28(27)33/h4-16,24H,3,17H2,1-2H3,(H,29,33). The van der Waals surface area contributed by atoms with Gasteiger partial charge in [-0.25, -0.2) is 5.01 Å². The number of pyridine rings is 1. The Bertz CT molecular complexity index is 1440. The molecule has 1 amide bonds. The van der Waals surface area contributed by atoms with Crippen LogP contribution >= 0.6 is 0 Å². The fourth-order valence-electron chi connectivity index (χ4n) is 4.68. The highest BCUT2D eigenvalue weighted by Crippen LogP contribution is 2.37. The number of nitrogens with one attached hydrogen (secondary N) is 1. The second kappa shape index (κ2) is 8.51. The van der Waals surface area contributed by atoms with Crippen molar-refractivity contribution in [3.05, 3.63) is 106 Å². The predicted molar refractivity (Wildman–Crippen MR) is 132 cm³/mol. The largest absolute Gasteiger partial charge is 0.321 e. The summed E-state index contributed by atoms with van der Waals surface area (Å²) in [4.78, 5) is 29.3. The lowest BCUT2D eigenvalue weighted by atomic mass is 9.90. The maximum absolute atomic E-state index is 13.4. The summed E-state index contributed by atoms with van der Waals surface area (Å²) >= 11 is 0. The zero-order chi connectivity index (χ0) is 22.9. The van der Waals surface area contributed by atoms with Crippen LogP contribution in [0.25, 0.3) is 22.0 Å². The van der Waals surface area contributed by atoms with E-state index in [1.807, 2.05) is 92.7 Å². The molecule has 0 saturated carbocycles. The Morgan fingerprint density at radius 2 is 1.67 bits per heavy atom. The zero-order valence-electron chi connectivity index (χ0n) is 18.7. The summed E-state index contributed by atoms with van der Waals surface area (Å²) in [5.41, 5.74) is 5.70. The number of rotatable bonds is 4. The normalized spacial score (nSPS) is 15.6. The van der Waals surface area contributed by atoms with E-state index in [1.54, 1.807) is 5.01 Å². The third-order valence-electron chi connectivity index (χ3n) is 6.29. The Morgan fingerprint density at radius 3 is 2.42 bits per heavy atom. The van der Waals surface area contributed by atoms with Crippen LogP contribution in [0.3, 0.4) is 0 Å². The number of hydrogen-bond acceptors (Lipinski definition) is 3. The van der Waals surface area contributed by atoms with Crippen LogP contribution in [0.5, 0.6) is 0 Å². The Labute approximate surface area is 192 Å². The highest BCUT2D eigenvalue weighted by atomic mass is 16.2. The molecule has 3 aromatic carbocycles. The fourth-order valence-corrected chi connectivity index (χ4v) is 4.68. The van der Waals surface area contributed by atoms with E-state index in [1.165, 1.54) is 0 Å². The van der Waals surface area contributed by atoms with Gasteiger partial charge in [-0.05, 0) is 29.7 Å². The van der Waals surface area contributed by atoms with Crippen molar-refractivity contribution >= 4 is 22.5 Å². The average molecular weight is 436 g/mol. The molecule has 0 spiro atoms. The van der Waals surface area contributed by atoms with Crippen LogP contribution in [0, 0.1) is 6.92 Å². The van der Waals surface area contributed by atoms with E-state index in [0.29, 0.717) is 24.1 Å². The maximum atomic E-state index is 13.4. The summed E-state index contributed by atoms with van der Waals surface area (Å²) in [6, 6.07) is 25.5. The number of benzene rings is 3. The molecule has 5 rings (SSSR count). The molecular formula is C28H25N3O2. The molecule has 1 aliphatic heterocycles. The molecule has 2 heterocycles. The molecule has 164 valence electrons. The van der Waals surface area contributed by atoms with Crippen LogP contribution in [0.1, 0.15) is 42.5 Å². The minimum atomic E-state index is -0.233. The number of H-pyrrole nitrogens is 1. The SMILES string of the molecule is CCC(=O)N1N=C(c2c(-c3ccccc3)c3ccccc3[nH]c2=O)CC1c1ccccc1C. The Balaban J connectivity index is 1.74. The highest BCUT2D eigenvalue weighted by Gasteiger charge is 2.35. The molecule has 0 bridgehead atoms. The van der Waals surface area contributed by atoms with Crippen LogP contribution in [0.2, 0.25) is 0 Å². The van der Waals surface area contributed by atoms with Gasteiger partial charge >= 0.3 is 0 Å². The first-order valence-corrected chi connectivity index (χ1v) is 11.2. The number of fused-ring (bicyclic) bond motifs is 1. The van der Waals surface area contributed by atoms with Gasteiger partial charge in [0.2, 0.25) is 5.91 Å². The number of carbonyl (C=O) groups is 1. The molecule has 0 fully saturated rings. The number of hydrogen-bond donors (Lipinski definition) is 1. The van der Waals surface area contributed by atoms with E-state index in [-0.39, 0.29) is 17.5 Å². The van der Waals surface area contributed by atoms with E-state index in [0.717, 1.165) is 33.2 Å². The van der Waals surface area contributed by atoms with Crippen molar-refractivity contribution in [1.82, 2.24) is 9.99 Å². The molecule has 1 N–H and O–H groups in total. The lowest BCUT2D eigenvalue weighted by molar-refractivity contribution is -0.132. The van der Waals surface area contributed by atoms with Crippen LogP contribution in [0.15, 0.2) is 88.8 Å².